The minimum absolute atomic E-state index is 1.17. The third-order valence-corrected chi connectivity index (χ3v) is 5.37. The van der Waals surface area contributed by atoms with Crippen molar-refractivity contribution >= 4 is 43.5 Å². The van der Waals surface area contributed by atoms with Gasteiger partial charge in [-0.05, 0) is 40.6 Å². The fraction of sp³-hybridized carbons (Fsp3) is 0. The van der Waals surface area contributed by atoms with Crippen molar-refractivity contribution < 1.29 is 0 Å². The molecule has 0 bridgehead atoms. The maximum atomic E-state index is 3.61. The molecule has 0 unspecified atom stereocenters. The van der Waals surface area contributed by atoms with Gasteiger partial charge < -0.3 is 9.97 Å². The number of hydrogen-bond donors (Lipinski definition) is 2. The molecule has 6 rings (SSSR count). The van der Waals surface area contributed by atoms with E-state index in [0.29, 0.717) is 0 Å². The van der Waals surface area contributed by atoms with Gasteiger partial charge in [0.25, 0.3) is 0 Å². The Kier molecular flexibility index (Phi) is 2.64. The lowest BCUT2D eigenvalue weighted by Crippen LogP contribution is -1.78. The highest BCUT2D eigenvalue weighted by Crippen LogP contribution is 2.38. The van der Waals surface area contributed by atoms with Gasteiger partial charge in [0.2, 0.25) is 0 Å². The van der Waals surface area contributed by atoms with E-state index in [1.165, 1.54) is 54.6 Å². The number of fused-ring (bicyclic) bond motifs is 5. The van der Waals surface area contributed by atoms with Gasteiger partial charge in [-0.2, -0.15) is 0 Å². The molecule has 4 aromatic carbocycles. The van der Waals surface area contributed by atoms with Crippen molar-refractivity contribution in [3.8, 4) is 11.1 Å². The Morgan fingerprint density at radius 3 is 2.23 bits per heavy atom. The van der Waals surface area contributed by atoms with Crippen molar-refractivity contribution in [1.82, 2.24) is 9.97 Å². The first kappa shape index (κ1) is 13.7. The molecule has 2 N–H and O–H groups in total. The first-order valence-corrected chi connectivity index (χ1v) is 8.88. The highest BCUT2D eigenvalue weighted by atomic mass is 14.7. The molecule has 0 saturated heterocycles. The smallest absolute Gasteiger partial charge is 0.0471 e. The van der Waals surface area contributed by atoms with Gasteiger partial charge in [-0.1, -0.05) is 54.6 Å². The maximum absolute atomic E-state index is 3.61. The Bertz CT molecular complexity index is 1430. The molecule has 0 saturated carbocycles. The maximum Gasteiger partial charge on any atom is 0.0471 e. The van der Waals surface area contributed by atoms with Gasteiger partial charge in [0.1, 0.15) is 0 Å². The van der Waals surface area contributed by atoms with E-state index in [1.54, 1.807) is 0 Å². The van der Waals surface area contributed by atoms with E-state index < -0.39 is 0 Å². The van der Waals surface area contributed by atoms with Crippen LogP contribution in [0.15, 0.2) is 85.1 Å². The van der Waals surface area contributed by atoms with Crippen LogP contribution >= 0.6 is 0 Å². The van der Waals surface area contributed by atoms with Crippen LogP contribution in [-0.2, 0) is 0 Å². The predicted octanol–water partition coefficient (Wildman–Crippen LogP) is 6.62. The lowest BCUT2D eigenvalue weighted by Gasteiger charge is -2.04. The number of H-pyrrole nitrogens is 2. The first-order chi connectivity index (χ1) is 12.9. The number of para-hydroxylation sites is 1. The minimum Gasteiger partial charge on any atom is -0.361 e. The van der Waals surface area contributed by atoms with Crippen molar-refractivity contribution in [3.05, 3.63) is 85.1 Å². The SMILES string of the molecule is c1ccc2cc3c(cc2c1)[nH]c1cccc(-c2c[nH]c4ccccc24)c13. The van der Waals surface area contributed by atoms with E-state index >= 15 is 0 Å². The molecule has 26 heavy (non-hydrogen) atoms. The fourth-order valence-electron chi connectivity index (χ4n) is 4.16. The largest absolute Gasteiger partial charge is 0.361 e. The molecule has 0 atom stereocenters. The summed E-state index contributed by atoms with van der Waals surface area (Å²) in [4.78, 5) is 7.02. The molecule has 2 heterocycles. The lowest BCUT2D eigenvalue weighted by molar-refractivity contribution is 1.48. The number of aromatic amines is 2. The van der Waals surface area contributed by atoms with Crippen LogP contribution in [0.4, 0.5) is 0 Å². The third-order valence-electron chi connectivity index (χ3n) is 5.37. The van der Waals surface area contributed by atoms with E-state index in [1.807, 2.05) is 0 Å². The molecule has 122 valence electrons. The normalized spacial score (nSPS) is 11.8. The molecule has 0 aliphatic rings. The second-order valence-electron chi connectivity index (χ2n) is 6.85. The summed E-state index contributed by atoms with van der Waals surface area (Å²) in [6, 6.07) is 28.1. The summed E-state index contributed by atoms with van der Waals surface area (Å²) in [5.74, 6) is 0. The van der Waals surface area contributed by atoms with Crippen LogP contribution in [0.3, 0.4) is 0 Å². The summed E-state index contributed by atoms with van der Waals surface area (Å²) in [5, 5.41) is 6.36. The van der Waals surface area contributed by atoms with E-state index in [9.17, 15) is 0 Å². The van der Waals surface area contributed by atoms with Crippen molar-refractivity contribution in [2.24, 2.45) is 0 Å². The average Bonchev–Trinajstić information content (AvgIpc) is 3.27. The van der Waals surface area contributed by atoms with Crippen molar-refractivity contribution in [3.63, 3.8) is 0 Å². The monoisotopic (exact) mass is 332 g/mol. The zero-order valence-electron chi connectivity index (χ0n) is 14.1. The molecule has 0 fully saturated rings. The number of aromatic nitrogens is 2. The molecular weight excluding hydrogens is 316 g/mol. The van der Waals surface area contributed by atoms with E-state index in [4.69, 9.17) is 0 Å². The molecule has 0 amide bonds. The first-order valence-electron chi connectivity index (χ1n) is 8.88. The van der Waals surface area contributed by atoms with Crippen molar-refractivity contribution in [2.45, 2.75) is 0 Å². The zero-order valence-corrected chi connectivity index (χ0v) is 14.1. The molecule has 2 heteroatoms. The van der Waals surface area contributed by atoms with Crippen LogP contribution in [0.1, 0.15) is 0 Å². The van der Waals surface area contributed by atoms with Gasteiger partial charge in [-0.3, -0.25) is 0 Å². The van der Waals surface area contributed by atoms with Gasteiger partial charge in [0.05, 0.1) is 0 Å². The molecule has 2 aromatic heterocycles. The van der Waals surface area contributed by atoms with E-state index in [0.717, 1.165) is 0 Å². The Morgan fingerprint density at radius 1 is 0.538 bits per heavy atom. The Hall–Kier alpha value is -3.52. The van der Waals surface area contributed by atoms with Crippen molar-refractivity contribution in [2.75, 3.05) is 0 Å². The second-order valence-corrected chi connectivity index (χ2v) is 6.85. The van der Waals surface area contributed by atoms with Gasteiger partial charge in [0.15, 0.2) is 0 Å². The summed E-state index contributed by atoms with van der Waals surface area (Å²) in [7, 11) is 0. The summed E-state index contributed by atoms with van der Waals surface area (Å²) >= 11 is 0. The van der Waals surface area contributed by atoms with Crippen LogP contribution in [0.5, 0.6) is 0 Å². The van der Waals surface area contributed by atoms with Gasteiger partial charge >= 0.3 is 0 Å². The number of benzene rings is 4. The van der Waals surface area contributed by atoms with E-state index in [-0.39, 0.29) is 0 Å². The topological polar surface area (TPSA) is 31.6 Å². The lowest BCUT2D eigenvalue weighted by atomic mass is 9.98. The zero-order chi connectivity index (χ0) is 17.1. The highest BCUT2D eigenvalue weighted by molar-refractivity contribution is 6.18. The van der Waals surface area contributed by atoms with Crippen LogP contribution in [0.2, 0.25) is 0 Å². The minimum atomic E-state index is 1.17. The quantitative estimate of drug-likeness (QED) is 0.339. The molecule has 0 aliphatic carbocycles. The summed E-state index contributed by atoms with van der Waals surface area (Å²) in [6.45, 7) is 0. The molecular formula is C24H16N2. The van der Waals surface area contributed by atoms with Crippen LogP contribution in [0.25, 0.3) is 54.6 Å². The van der Waals surface area contributed by atoms with Gasteiger partial charge in [-0.15, -0.1) is 0 Å². The Morgan fingerprint density at radius 2 is 1.31 bits per heavy atom. The Labute approximate surface area is 150 Å². The van der Waals surface area contributed by atoms with Gasteiger partial charge in [0, 0.05) is 44.5 Å². The standard InChI is InChI=1S/C24H16N2/c1-2-7-16-13-23-19(12-15(16)6-1)24-18(9-5-11-22(24)26-23)20-14-25-21-10-4-3-8-17(20)21/h1-14,25-26H. The third kappa shape index (κ3) is 1.81. The summed E-state index contributed by atoms with van der Waals surface area (Å²) in [6.07, 6.45) is 2.12. The van der Waals surface area contributed by atoms with Crippen LogP contribution in [0, 0.1) is 0 Å². The van der Waals surface area contributed by atoms with Crippen LogP contribution in [-0.4, -0.2) is 9.97 Å². The molecule has 6 aromatic rings. The summed E-state index contributed by atoms with van der Waals surface area (Å²) in [5.41, 5.74) is 6.05. The molecule has 2 nitrogen and oxygen atoms in total. The number of rotatable bonds is 1. The average molecular weight is 332 g/mol. The van der Waals surface area contributed by atoms with E-state index in [2.05, 4.69) is 95.0 Å². The van der Waals surface area contributed by atoms with Crippen LogP contribution < -0.4 is 0 Å². The molecule has 0 aliphatic heterocycles. The fourth-order valence-corrected chi connectivity index (χ4v) is 4.16. The summed E-state index contributed by atoms with van der Waals surface area (Å²) < 4.78 is 0. The second kappa shape index (κ2) is 4.99. The van der Waals surface area contributed by atoms with Crippen molar-refractivity contribution in [1.29, 1.82) is 0 Å². The number of nitrogens with one attached hydrogen (secondary N) is 2. The Balaban J connectivity index is 1.77. The molecule has 0 radical (unpaired) electrons. The predicted molar refractivity (Wildman–Crippen MR) is 111 cm³/mol. The molecule has 0 spiro atoms. The highest BCUT2D eigenvalue weighted by Gasteiger charge is 2.13. The van der Waals surface area contributed by atoms with Gasteiger partial charge in [-0.25, -0.2) is 0 Å². The number of hydrogen-bond acceptors (Lipinski definition) is 0.